The van der Waals surface area contributed by atoms with E-state index >= 15 is 0 Å². The van der Waals surface area contributed by atoms with Gasteiger partial charge < -0.3 is 14.7 Å². The Morgan fingerprint density at radius 1 is 1.06 bits per heavy atom. The molecule has 2 aromatic carbocycles. The van der Waals surface area contributed by atoms with Crippen LogP contribution in [-0.2, 0) is 6.54 Å². The lowest BCUT2D eigenvalue weighted by molar-refractivity contribution is 0.217. The molecule has 0 saturated carbocycles. The van der Waals surface area contributed by atoms with Crippen LogP contribution in [0.1, 0.15) is 22.8 Å². The Morgan fingerprint density at radius 3 is 2.62 bits per heavy atom. The molecule has 1 unspecified atom stereocenters. The maximum atomic E-state index is 14.9. The molecule has 1 aliphatic heterocycles. The molecule has 6 heteroatoms. The van der Waals surface area contributed by atoms with E-state index in [1.807, 2.05) is 29.2 Å². The highest BCUT2D eigenvalue weighted by Gasteiger charge is 2.25. The molecule has 0 bridgehead atoms. The van der Waals surface area contributed by atoms with Gasteiger partial charge in [-0.05, 0) is 18.2 Å². The zero-order valence-corrected chi connectivity index (χ0v) is 17.8. The summed E-state index contributed by atoms with van der Waals surface area (Å²) in [6.45, 7) is 3.81. The summed E-state index contributed by atoms with van der Waals surface area (Å²) in [6.07, 6.45) is 7.64. The van der Waals surface area contributed by atoms with Crippen LogP contribution in [0.5, 0.6) is 5.75 Å². The van der Waals surface area contributed by atoms with Crippen molar-refractivity contribution in [3.05, 3.63) is 89.5 Å². The van der Waals surface area contributed by atoms with Gasteiger partial charge in [-0.3, -0.25) is 9.88 Å². The number of pyridine rings is 1. The quantitative estimate of drug-likeness (QED) is 0.579. The van der Waals surface area contributed by atoms with Gasteiger partial charge in [0.1, 0.15) is 24.3 Å². The summed E-state index contributed by atoms with van der Waals surface area (Å²) >= 11 is 0. The van der Waals surface area contributed by atoms with E-state index in [4.69, 9.17) is 11.2 Å². The molecule has 1 saturated heterocycles. The first-order valence-corrected chi connectivity index (χ1v) is 10.6. The third-order valence-corrected chi connectivity index (χ3v) is 5.68. The molecule has 3 aromatic rings. The fourth-order valence-corrected chi connectivity index (χ4v) is 4.07. The molecule has 0 aliphatic carbocycles. The summed E-state index contributed by atoms with van der Waals surface area (Å²) in [7, 11) is 0. The number of piperazine rings is 1. The zero-order valence-electron chi connectivity index (χ0n) is 17.8. The number of hydrogen-bond acceptors (Lipinski definition) is 5. The van der Waals surface area contributed by atoms with Gasteiger partial charge in [-0.2, -0.15) is 0 Å². The van der Waals surface area contributed by atoms with E-state index in [2.05, 4.69) is 15.8 Å². The molecule has 32 heavy (non-hydrogen) atoms. The summed E-state index contributed by atoms with van der Waals surface area (Å²) in [4.78, 5) is 8.40. The van der Waals surface area contributed by atoms with Gasteiger partial charge in [0.25, 0.3) is 0 Å². The average Bonchev–Trinajstić information content (AvgIpc) is 2.84. The number of para-hydroxylation sites is 2. The van der Waals surface area contributed by atoms with Crippen LogP contribution >= 0.6 is 0 Å². The summed E-state index contributed by atoms with van der Waals surface area (Å²) in [5.74, 6) is 2.97. The van der Waals surface area contributed by atoms with E-state index < -0.39 is 6.10 Å². The zero-order chi connectivity index (χ0) is 22.3. The third kappa shape index (κ3) is 4.91. The number of halogens is 1. The van der Waals surface area contributed by atoms with Crippen molar-refractivity contribution in [1.29, 1.82) is 0 Å². The number of nitrogens with zero attached hydrogens (tertiary/aromatic N) is 3. The van der Waals surface area contributed by atoms with Gasteiger partial charge in [0.05, 0.1) is 5.69 Å². The van der Waals surface area contributed by atoms with Crippen molar-refractivity contribution in [2.24, 2.45) is 0 Å². The summed E-state index contributed by atoms with van der Waals surface area (Å²) in [6, 6.07) is 16.3. The number of benzene rings is 2. The van der Waals surface area contributed by atoms with Gasteiger partial charge in [-0.1, -0.05) is 42.3 Å². The van der Waals surface area contributed by atoms with Crippen LogP contribution in [-0.4, -0.2) is 47.8 Å². The van der Waals surface area contributed by atoms with Gasteiger partial charge in [0.2, 0.25) is 0 Å². The van der Waals surface area contributed by atoms with Gasteiger partial charge >= 0.3 is 0 Å². The van der Waals surface area contributed by atoms with Gasteiger partial charge in [0, 0.05) is 61.8 Å². The number of aromatic nitrogens is 1. The maximum Gasteiger partial charge on any atom is 0.148 e. The molecule has 1 aliphatic rings. The van der Waals surface area contributed by atoms with Crippen LogP contribution in [0.2, 0.25) is 0 Å². The Balaban J connectivity index is 1.47. The minimum absolute atomic E-state index is 0.236. The molecule has 4 rings (SSSR count). The predicted octanol–water partition coefficient (Wildman–Crippen LogP) is 3.64. The minimum Gasteiger partial charge on any atom is -0.481 e. The first-order chi connectivity index (χ1) is 15.7. The molecule has 1 N–H and O–H groups in total. The predicted molar refractivity (Wildman–Crippen MR) is 123 cm³/mol. The smallest absolute Gasteiger partial charge is 0.148 e. The van der Waals surface area contributed by atoms with E-state index in [0.29, 0.717) is 29.9 Å². The second kappa shape index (κ2) is 10.3. The van der Waals surface area contributed by atoms with Crippen LogP contribution in [0.3, 0.4) is 0 Å². The SMILES string of the molecule is C#CCOc1ccccc1CN1CCN(c2c(F)cccc2C(O)c2cccnc2)CC1. The molecular formula is C26H26FN3O2. The van der Waals surface area contributed by atoms with E-state index in [1.165, 1.54) is 6.07 Å². The van der Waals surface area contributed by atoms with Gasteiger partial charge in [-0.25, -0.2) is 4.39 Å². The van der Waals surface area contributed by atoms with E-state index in [0.717, 1.165) is 30.9 Å². The second-order valence-corrected chi connectivity index (χ2v) is 7.73. The van der Waals surface area contributed by atoms with Crippen molar-refractivity contribution in [1.82, 2.24) is 9.88 Å². The maximum absolute atomic E-state index is 14.9. The molecule has 0 amide bonds. The molecular weight excluding hydrogens is 405 g/mol. The molecule has 164 valence electrons. The lowest BCUT2D eigenvalue weighted by Gasteiger charge is -2.37. The molecule has 2 heterocycles. The largest absolute Gasteiger partial charge is 0.481 e. The number of hydrogen-bond donors (Lipinski definition) is 1. The van der Waals surface area contributed by atoms with Crippen molar-refractivity contribution in [2.45, 2.75) is 12.6 Å². The minimum atomic E-state index is -0.937. The second-order valence-electron chi connectivity index (χ2n) is 7.73. The van der Waals surface area contributed by atoms with Crippen molar-refractivity contribution in [3.63, 3.8) is 0 Å². The first kappa shape index (κ1) is 21.8. The lowest BCUT2D eigenvalue weighted by Crippen LogP contribution is -2.46. The highest BCUT2D eigenvalue weighted by molar-refractivity contribution is 5.58. The summed E-state index contributed by atoms with van der Waals surface area (Å²) in [5.41, 5.74) is 2.73. The Hall–Kier alpha value is -3.40. The monoisotopic (exact) mass is 431 g/mol. The van der Waals surface area contributed by atoms with Crippen molar-refractivity contribution >= 4 is 5.69 Å². The first-order valence-electron chi connectivity index (χ1n) is 10.6. The van der Waals surface area contributed by atoms with E-state index in [-0.39, 0.29) is 12.4 Å². The number of rotatable bonds is 7. The number of aliphatic hydroxyl groups is 1. The highest BCUT2D eigenvalue weighted by Crippen LogP contribution is 2.33. The van der Waals surface area contributed by atoms with Crippen molar-refractivity contribution in [2.75, 3.05) is 37.7 Å². The average molecular weight is 432 g/mol. The van der Waals surface area contributed by atoms with Crippen LogP contribution in [0.15, 0.2) is 67.0 Å². The molecule has 1 fully saturated rings. The van der Waals surface area contributed by atoms with Gasteiger partial charge in [0.15, 0.2) is 0 Å². The summed E-state index contributed by atoms with van der Waals surface area (Å²) in [5, 5.41) is 10.9. The van der Waals surface area contributed by atoms with E-state index in [1.54, 1.807) is 36.7 Å². The molecule has 5 nitrogen and oxygen atoms in total. The number of terminal acetylenes is 1. The van der Waals surface area contributed by atoms with Gasteiger partial charge in [-0.15, -0.1) is 6.42 Å². The Bertz CT molecular complexity index is 1080. The fraction of sp³-hybridized carbons (Fsp3) is 0.269. The Morgan fingerprint density at radius 2 is 1.88 bits per heavy atom. The van der Waals surface area contributed by atoms with Crippen LogP contribution in [0.25, 0.3) is 0 Å². The highest BCUT2D eigenvalue weighted by atomic mass is 19.1. The standard InChI is InChI=1S/C26H26FN3O2/c1-2-17-32-24-11-4-3-7-21(24)19-29-13-15-30(16-14-29)25-22(9-5-10-23(25)27)26(31)20-8-6-12-28-18-20/h1,3-12,18,26,31H,13-17,19H2. The molecule has 0 radical (unpaired) electrons. The van der Waals surface area contributed by atoms with E-state index in [9.17, 15) is 9.50 Å². The number of aliphatic hydroxyl groups excluding tert-OH is 1. The number of anilines is 1. The van der Waals surface area contributed by atoms with Crippen LogP contribution in [0, 0.1) is 18.2 Å². The molecule has 0 spiro atoms. The third-order valence-electron chi connectivity index (χ3n) is 5.68. The Kier molecular flexibility index (Phi) is 7.00. The van der Waals surface area contributed by atoms with Crippen molar-refractivity contribution in [3.8, 4) is 18.1 Å². The number of ether oxygens (including phenoxy) is 1. The summed E-state index contributed by atoms with van der Waals surface area (Å²) < 4.78 is 20.6. The molecule has 1 atom stereocenters. The molecule has 1 aromatic heterocycles. The van der Waals surface area contributed by atoms with Crippen LogP contribution in [0.4, 0.5) is 10.1 Å². The normalized spacial score (nSPS) is 15.2. The Labute approximate surface area is 188 Å². The van der Waals surface area contributed by atoms with Crippen LogP contribution < -0.4 is 9.64 Å². The van der Waals surface area contributed by atoms with Crippen molar-refractivity contribution < 1.29 is 14.2 Å². The topological polar surface area (TPSA) is 48.8 Å². The fourth-order valence-electron chi connectivity index (χ4n) is 4.07. The lowest BCUT2D eigenvalue weighted by atomic mass is 9.99.